The van der Waals surface area contributed by atoms with Crippen molar-refractivity contribution in [3.63, 3.8) is 0 Å². The van der Waals surface area contributed by atoms with Crippen LogP contribution in [0.15, 0.2) is 46.9 Å². The van der Waals surface area contributed by atoms with Crippen LogP contribution in [0, 0.1) is 0 Å². The lowest BCUT2D eigenvalue weighted by molar-refractivity contribution is -0.116. The second-order valence-corrected chi connectivity index (χ2v) is 7.99. The van der Waals surface area contributed by atoms with Gasteiger partial charge in [0.1, 0.15) is 5.52 Å². The molecule has 0 radical (unpaired) electrons. The van der Waals surface area contributed by atoms with Crippen LogP contribution in [-0.2, 0) is 9.59 Å². The monoisotopic (exact) mass is 416 g/mol. The zero-order valence-corrected chi connectivity index (χ0v) is 17.2. The van der Waals surface area contributed by atoms with E-state index in [0.29, 0.717) is 34.8 Å². The van der Waals surface area contributed by atoms with Gasteiger partial charge in [-0.25, -0.2) is 4.98 Å². The van der Waals surface area contributed by atoms with E-state index in [1.807, 2.05) is 30.3 Å². The molecular weight excluding hydrogens is 392 g/mol. The number of para-hydroxylation sites is 2. The van der Waals surface area contributed by atoms with Gasteiger partial charge in [0.25, 0.3) is 5.91 Å². The molecule has 1 fully saturated rings. The first-order valence-electron chi connectivity index (χ1n) is 10.7. The number of hydrogen-bond acceptors (Lipinski definition) is 5. The average molecular weight is 416 g/mol. The van der Waals surface area contributed by atoms with Crippen LogP contribution in [0.1, 0.15) is 37.1 Å². The van der Waals surface area contributed by atoms with Gasteiger partial charge >= 0.3 is 0 Å². The normalized spacial score (nSPS) is 17.7. The number of nitrogens with one attached hydrogen (secondary N) is 2. The number of piperidine rings is 1. The molecule has 158 valence electrons. The van der Waals surface area contributed by atoms with Crippen molar-refractivity contribution in [2.24, 2.45) is 0 Å². The maximum atomic E-state index is 12.5. The third-order valence-electron chi connectivity index (χ3n) is 5.77. The number of amides is 2. The number of carbonyl (C=O) groups is 2. The zero-order chi connectivity index (χ0) is 21.2. The van der Waals surface area contributed by atoms with Crippen molar-refractivity contribution in [3.8, 4) is 0 Å². The van der Waals surface area contributed by atoms with Crippen molar-refractivity contribution in [1.82, 2.24) is 9.88 Å². The van der Waals surface area contributed by atoms with Gasteiger partial charge < -0.3 is 20.0 Å². The Morgan fingerprint density at radius 1 is 1.16 bits per heavy atom. The zero-order valence-electron chi connectivity index (χ0n) is 17.2. The Labute approximate surface area is 180 Å². The van der Waals surface area contributed by atoms with Crippen molar-refractivity contribution in [2.75, 3.05) is 30.3 Å². The van der Waals surface area contributed by atoms with Gasteiger partial charge in [-0.05, 0) is 56.3 Å². The predicted molar refractivity (Wildman–Crippen MR) is 120 cm³/mol. The van der Waals surface area contributed by atoms with E-state index in [9.17, 15) is 9.59 Å². The quantitative estimate of drug-likeness (QED) is 0.611. The summed E-state index contributed by atoms with van der Waals surface area (Å²) >= 11 is 0. The number of fused-ring (bicyclic) bond motifs is 2. The molecule has 5 rings (SSSR count). The molecular formula is C24H24N4O3. The summed E-state index contributed by atoms with van der Waals surface area (Å²) < 4.78 is 5.74. The first-order valence-corrected chi connectivity index (χ1v) is 10.7. The molecule has 2 aliphatic rings. The SMILES string of the molecule is O=C(CCN1CCCCC1)Nc1ccc2c(c1)/C(=C\c1nc3ccccc3o1)C(=O)N2. The Hall–Kier alpha value is -3.45. The minimum absolute atomic E-state index is 0.0210. The first kappa shape index (κ1) is 19.5. The lowest BCUT2D eigenvalue weighted by Crippen LogP contribution is -2.32. The second kappa shape index (κ2) is 8.35. The van der Waals surface area contributed by atoms with Crippen LogP contribution in [0.4, 0.5) is 11.4 Å². The molecule has 2 amide bonds. The lowest BCUT2D eigenvalue weighted by Gasteiger charge is -2.25. The summed E-state index contributed by atoms with van der Waals surface area (Å²) in [5.41, 5.74) is 3.97. The molecule has 31 heavy (non-hydrogen) atoms. The van der Waals surface area contributed by atoms with Gasteiger partial charge in [0.15, 0.2) is 5.58 Å². The molecule has 2 aliphatic heterocycles. The summed E-state index contributed by atoms with van der Waals surface area (Å²) in [5.74, 6) is 0.133. The number of oxazole rings is 1. The molecule has 3 heterocycles. The topological polar surface area (TPSA) is 87.5 Å². The highest BCUT2D eigenvalue weighted by molar-refractivity contribution is 6.35. The van der Waals surface area contributed by atoms with Gasteiger partial charge in [0.2, 0.25) is 11.8 Å². The van der Waals surface area contributed by atoms with E-state index in [-0.39, 0.29) is 11.8 Å². The molecule has 2 aromatic carbocycles. The summed E-state index contributed by atoms with van der Waals surface area (Å²) in [7, 11) is 0. The van der Waals surface area contributed by atoms with E-state index >= 15 is 0 Å². The maximum Gasteiger partial charge on any atom is 0.256 e. The van der Waals surface area contributed by atoms with E-state index in [4.69, 9.17) is 4.42 Å². The van der Waals surface area contributed by atoms with Crippen molar-refractivity contribution in [2.45, 2.75) is 25.7 Å². The molecule has 0 aliphatic carbocycles. The highest BCUT2D eigenvalue weighted by atomic mass is 16.3. The summed E-state index contributed by atoms with van der Waals surface area (Å²) in [6.45, 7) is 2.92. The van der Waals surface area contributed by atoms with Crippen molar-refractivity contribution >= 4 is 45.9 Å². The van der Waals surface area contributed by atoms with Crippen LogP contribution in [0.25, 0.3) is 22.7 Å². The van der Waals surface area contributed by atoms with Gasteiger partial charge in [-0.2, -0.15) is 0 Å². The first-order chi connectivity index (χ1) is 15.2. The fraction of sp³-hybridized carbons (Fsp3) is 0.292. The van der Waals surface area contributed by atoms with Gasteiger partial charge in [-0.3, -0.25) is 9.59 Å². The summed E-state index contributed by atoms with van der Waals surface area (Å²) in [6, 6.07) is 12.9. The fourth-order valence-corrected chi connectivity index (χ4v) is 4.15. The number of likely N-dealkylation sites (tertiary alicyclic amines) is 1. The Balaban J connectivity index is 1.32. The Bertz CT molecular complexity index is 1140. The van der Waals surface area contributed by atoms with Crippen molar-refractivity contribution in [3.05, 3.63) is 53.9 Å². The number of rotatable bonds is 5. The van der Waals surface area contributed by atoms with Gasteiger partial charge in [0.05, 0.1) is 5.57 Å². The van der Waals surface area contributed by atoms with E-state index in [1.54, 1.807) is 18.2 Å². The lowest BCUT2D eigenvalue weighted by atomic mass is 10.1. The highest BCUT2D eigenvalue weighted by Crippen LogP contribution is 2.35. The third-order valence-corrected chi connectivity index (χ3v) is 5.77. The molecule has 7 heteroatoms. The number of anilines is 2. The molecule has 3 aromatic rings. The van der Waals surface area contributed by atoms with Crippen LogP contribution in [0.2, 0.25) is 0 Å². The molecule has 1 aromatic heterocycles. The number of benzene rings is 2. The summed E-state index contributed by atoms with van der Waals surface area (Å²) in [5, 5.41) is 5.82. The van der Waals surface area contributed by atoms with Crippen LogP contribution in [-0.4, -0.2) is 41.3 Å². The molecule has 0 bridgehead atoms. The van der Waals surface area contributed by atoms with Crippen LogP contribution in [0.3, 0.4) is 0 Å². The van der Waals surface area contributed by atoms with E-state index < -0.39 is 0 Å². The molecule has 7 nitrogen and oxygen atoms in total. The highest BCUT2D eigenvalue weighted by Gasteiger charge is 2.25. The summed E-state index contributed by atoms with van der Waals surface area (Å²) in [6.07, 6.45) is 5.80. The molecule has 0 atom stereocenters. The van der Waals surface area contributed by atoms with E-state index in [0.717, 1.165) is 30.7 Å². The summed E-state index contributed by atoms with van der Waals surface area (Å²) in [4.78, 5) is 31.7. The van der Waals surface area contributed by atoms with E-state index in [2.05, 4.69) is 20.5 Å². The van der Waals surface area contributed by atoms with Gasteiger partial charge in [-0.1, -0.05) is 18.6 Å². The number of carbonyl (C=O) groups excluding carboxylic acids is 2. The molecule has 0 saturated carbocycles. The molecule has 1 saturated heterocycles. The fourth-order valence-electron chi connectivity index (χ4n) is 4.15. The number of nitrogens with zero attached hydrogens (tertiary/aromatic N) is 2. The minimum atomic E-state index is -0.217. The smallest absolute Gasteiger partial charge is 0.256 e. The second-order valence-electron chi connectivity index (χ2n) is 7.99. The van der Waals surface area contributed by atoms with Crippen LogP contribution >= 0.6 is 0 Å². The number of hydrogen-bond donors (Lipinski definition) is 2. The van der Waals surface area contributed by atoms with E-state index in [1.165, 1.54) is 19.3 Å². The standard InChI is InChI=1S/C24H24N4O3/c29-22(10-13-28-11-4-1-5-12-28)25-16-8-9-19-17(14-16)18(24(30)27-19)15-23-26-20-6-2-3-7-21(20)31-23/h2-3,6-9,14-15H,1,4-5,10-13H2,(H,25,29)(H,27,30)/b18-15+. The third kappa shape index (κ3) is 4.22. The largest absolute Gasteiger partial charge is 0.437 e. The van der Waals surface area contributed by atoms with Gasteiger partial charge in [-0.15, -0.1) is 0 Å². The van der Waals surface area contributed by atoms with Crippen LogP contribution < -0.4 is 10.6 Å². The molecule has 2 N–H and O–H groups in total. The Kier molecular flexibility index (Phi) is 5.26. The molecule has 0 unspecified atom stereocenters. The van der Waals surface area contributed by atoms with Gasteiger partial charge in [0, 0.05) is 36.0 Å². The Morgan fingerprint density at radius 2 is 2.00 bits per heavy atom. The van der Waals surface area contributed by atoms with Crippen LogP contribution in [0.5, 0.6) is 0 Å². The van der Waals surface area contributed by atoms with Crippen molar-refractivity contribution in [1.29, 1.82) is 0 Å². The predicted octanol–water partition coefficient (Wildman–Crippen LogP) is 4.14. The minimum Gasteiger partial charge on any atom is -0.437 e. The molecule has 0 spiro atoms. The maximum absolute atomic E-state index is 12.5. The average Bonchev–Trinajstić information content (AvgIpc) is 3.33. The number of aromatic nitrogens is 1. The Morgan fingerprint density at radius 3 is 2.84 bits per heavy atom. The van der Waals surface area contributed by atoms with Crippen molar-refractivity contribution < 1.29 is 14.0 Å².